The van der Waals surface area contributed by atoms with Crippen LogP contribution in [0.1, 0.15) is 13.3 Å². The molecule has 0 heterocycles. The van der Waals surface area contributed by atoms with Crippen LogP contribution in [-0.4, -0.2) is 18.5 Å². The normalized spacial score (nSPS) is 31.8. The quantitative estimate of drug-likeness (QED) is 0.525. The molecule has 1 saturated carbocycles. The molecule has 0 aromatic carbocycles. The lowest BCUT2D eigenvalue weighted by atomic mass is 10.4. The minimum absolute atomic E-state index is 0.0362. The monoisotopic (exact) mass is 128 g/mol. The average Bonchev–Trinajstić information content (AvgIpc) is 2.42. The second-order valence-corrected chi connectivity index (χ2v) is 2.60. The molecule has 1 fully saturated rings. The zero-order valence-corrected chi connectivity index (χ0v) is 5.55. The predicted octanol–water partition coefficient (Wildman–Crippen LogP) is -0.530. The van der Waals surface area contributed by atoms with Crippen molar-refractivity contribution < 1.29 is 4.79 Å². The number of nitrogens with one attached hydrogen (secondary N) is 1. The summed E-state index contributed by atoms with van der Waals surface area (Å²) in [6.07, 6.45) is 1.07. The topological polar surface area (TPSA) is 55.1 Å². The summed E-state index contributed by atoms with van der Waals surface area (Å²) in [7, 11) is 0. The molecule has 0 spiro atoms. The molecule has 3 N–H and O–H groups in total. The first-order valence-electron chi connectivity index (χ1n) is 3.20. The first-order valence-corrected chi connectivity index (χ1v) is 3.20. The summed E-state index contributed by atoms with van der Waals surface area (Å²) in [6.45, 7) is 2.28. The van der Waals surface area contributed by atoms with Crippen LogP contribution in [0.15, 0.2) is 0 Å². The highest BCUT2D eigenvalue weighted by Gasteiger charge is 2.32. The molecule has 1 aliphatic carbocycles. The van der Waals surface area contributed by atoms with Gasteiger partial charge in [0.25, 0.3) is 0 Å². The number of nitrogens with two attached hydrogens (primary N) is 1. The molecular formula is C6H12N2O. The summed E-state index contributed by atoms with van der Waals surface area (Å²) >= 11 is 0. The Morgan fingerprint density at radius 3 is 2.78 bits per heavy atom. The van der Waals surface area contributed by atoms with Crippen LogP contribution in [0.3, 0.4) is 0 Å². The molecule has 0 aromatic rings. The standard InChI is InChI=1S/C6H12N2O/c1-4(9)8-3-5-2-6(5)7/h5-6H,2-3,7H2,1H3,(H,8,9). The fourth-order valence-corrected chi connectivity index (χ4v) is 0.781. The summed E-state index contributed by atoms with van der Waals surface area (Å²) in [4.78, 5) is 10.3. The Bertz CT molecular complexity index is 124. The maximum Gasteiger partial charge on any atom is 0.216 e. The fraction of sp³-hybridized carbons (Fsp3) is 0.833. The van der Waals surface area contributed by atoms with Crippen molar-refractivity contribution in [2.45, 2.75) is 19.4 Å². The number of hydrogen-bond donors (Lipinski definition) is 2. The van der Waals surface area contributed by atoms with Crippen LogP contribution in [0.25, 0.3) is 0 Å². The van der Waals surface area contributed by atoms with Crippen molar-refractivity contribution in [3.05, 3.63) is 0 Å². The minimum Gasteiger partial charge on any atom is -0.356 e. The highest BCUT2D eigenvalue weighted by Crippen LogP contribution is 2.26. The number of rotatable bonds is 2. The largest absolute Gasteiger partial charge is 0.356 e. The van der Waals surface area contributed by atoms with Gasteiger partial charge in [0.05, 0.1) is 0 Å². The minimum atomic E-state index is 0.0362. The summed E-state index contributed by atoms with van der Waals surface area (Å²) < 4.78 is 0. The van der Waals surface area contributed by atoms with E-state index in [0.29, 0.717) is 12.0 Å². The maximum atomic E-state index is 10.3. The lowest BCUT2D eigenvalue weighted by Gasteiger charge is -1.96. The van der Waals surface area contributed by atoms with E-state index in [1.807, 2.05) is 0 Å². The van der Waals surface area contributed by atoms with Gasteiger partial charge in [-0.1, -0.05) is 0 Å². The van der Waals surface area contributed by atoms with Crippen molar-refractivity contribution in [1.29, 1.82) is 0 Å². The zero-order chi connectivity index (χ0) is 6.85. The molecule has 1 aliphatic rings. The van der Waals surface area contributed by atoms with Crippen LogP contribution in [0.2, 0.25) is 0 Å². The third-order valence-corrected chi connectivity index (χ3v) is 1.59. The molecule has 52 valence electrons. The molecule has 0 aliphatic heterocycles. The van der Waals surface area contributed by atoms with Crippen molar-refractivity contribution in [3.63, 3.8) is 0 Å². The summed E-state index contributed by atoms with van der Waals surface area (Å²) in [5, 5.41) is 2.72. The Labute approximate surface area is 54.6 Å². The van der Waals surface area contributed by atoms with Gasteiger partial charge in [0, 0.05) is 19.5 Å². The van der Waals surface area contributed by atoms with Gasteiger partial charge in [0.1, 0.15) is 0 Å². The SMILES string of the molecule is CC(=O)NCC1CC1N. The van der Waals surface area contributed by atoms with Crippen LogP contribution in [0.4, 0.5) is 0 Å². The second-order valence-electron chi connectivity index (χ2n) is 2.60. The Morgan fingerprint density at radius 1 is 1.89 bits per heavy atom. The molecule has 9 heavy (non-hydrogen) atoms. The molecular weight excluding hydrogens is 116 g/mol. The lowest BCUT2D eigenvalue weighted by molar-refractivity contribution is -0.119. The van der Waals surface area contributed by atoms with Crippen molar-refractivity contribution in [2.75, 3.05) is 6.54 Å². The first-order chi connectivity index (χ1) is 4.20. The summed E-state index contributed by atoms with van der Waals surface area (Å²) in [6, 6.07) is 0.344. The van der Waals surface area contributed by atoms with Gasteiger partial charge in [-0.25, -0.2) is 0 Å². The molecule has 0 bridgehead atoms. The first kappa shape index (κ1) is 6.55. The van der Waals surface area contributed by atoms with Gasteiger partial charge in [0.2, 0.25) is 5.91 Å². The van der Waals surface area contributed by atoms with Crippen molar-refractivity contribution in [2.24, 2.45) is 11.7 Å². The number of hydrogen-bond acceptors (Lipinski definition) is 2. The Morgan fingerprint density at radius 2 is 2.44 bits per heavy atom. The van der Waals surface area contributed by atoms with Gasteiger partial charge in [-0.2, -0.15) is 0 Å². The second kappa shape index (κ2) is 2.35. The van der Waals surface area contributed by atoms with Crippen LogP contribution < -0.4 is 11.1 Å². The Balaban J connectivity index is 2.00. The van der Waals surface area contributed by atoms with E-state index in [9.17, 15) is 4.79 Å². The van der Waals surface area contributed by atoms with Crippen LogP contribution in [-0.2, 0) is 4.79 Å². The van der Waals surface area contributed by atoms with E-state index < -0.39 is 0 Å². The molecule has 1 rings (SSSR count). The summed E-state index contributed by atoms with van der Waals surface area (Å²) in [5.41, 5.74) is 5.50. The molecule has 0 aromatic heterocycles. The smallest absolute Gasteiger partial charge is 0.216 e. The van der Waals surface area contributed by atoms with Crippen LogP contribution in [0.5, 0.6) is 0 Å². The Kier molecular flexibility index (Phi) is 1.71. The zero-order valence-electron chi connectivity index (χ0n) is 5.55. The highest BCUT2D eigenvalue weighted by molar-refractivity contribution is 5.72. The van der Waals surface area contributed by atoms with E-state index in [1.165, 1.54) is 6.92 Å². The third-order valence-electron chi connectivity index (χ3n) is 1.59. The van der Waals surface area contributed by atoms with Crippen LogP contribution in [0, 0.1) is 5.92 Å². The molecule has 2 atom stereocenters. The van der Waals surface area contributed by atoms with Gasteiger partial charge in [0.15, 0.2) is 0 Å². The van der Waals surface area contributed by atoms with E-state index in [1.54, 1.807) is 0 Å². The average molecular weight is 128 g/mol. The van der Waals surface area contributed by atoms with E-state index in [-0.39, 0.29) is 5.91 Å². The maximum absolute atomic E-state index is 10.3. The van der Waals surface area contributed by atoms with E-state index in [4.69, 9.17) is 5.73 Å². The molecule has 0 saturated heterocycles. The van der Waals surface area contributed by atoms with Gasteiger partial charge >= 0.3 is 0 Å². The highest BCUT2D eigenvalue weighted by atomic mass is 16.1. The number of amides is 1. The van der Waals surface area contributed by atoms with Crippen molar-refractivity contribution in [1.82, 2.24) is 5.32 Å². The summed E-state index contributed by atoms with van der Waals surface area (Å²) in [5.74, 6) is 0.586. The molecule has 3 nitrogen and oxygen atoms in total. The number of carbonyl (C=O) groups is 1. The van der Waals surface area contributed by atoms with E-state index in [0.717, 1.165) is 13.0 Å². The van der Waals surface area contributed by atoms with Crippen LogP contribution >= 0.6 is 0 Å². The van der Waals surface area contributed by atoms with Gasteiger partial charge in [-0.05, 0) is 12.3 Å². The molecule has 2 unspecified atom stereocenters. The van der Waals surface area contributed by atoms with Gasteiger partial charge in [-0.3, -0.25) is 4.79 Å². The molecule has 3 heteroatoms. The van der Waals surface area contributed by atoms with E-state index in [2.05, 4.69) is 5.32 Å². The van der Waals surface area contributed by atoms with Gasteiger partial charge < -0.3 is 11.1 Å². The predicted molar refractivity (Wildman–Crippen MR) is 34.8 cm³/mol. The van der Waals surface area contributed by atoms with Crippen molar-refractivity contribution in [3.8, 4) is 0 Å². The lowest BCUT2D eigenvalue weighted by Crippen LogP contribution is -2.24. The van der Waals surface area contributed by atoms with E-state index >= 15 is 0 Å². The van der Waals surface area contributed by atoms with Crippen molar-refractivity contribution >= 4 is 5.91 Å². The number of carbonyl (C=O) groups excluding carboxylic acids is 1. The molecule has 0 radical (unpaired) electrons. The third kappa shape index (κ3) is 2.01. The fourth-order valence-electron chi connectivity index (χ4n) is 0.781. The van der Waals surface area contributed by atoms with Gasteiger partial charge in [-0.15, -0.1) is 0 Å². The Hall–Kier alpha value is -0.570. The molecule has 1 amide bonds.